The number of aromatic nitrogens is 2. The highest BCUT2D eigenvalue weighted by Gasteiger charge is 2.30. The molecule has 0 spiro atoms. The maximum atomic E-state index is 4.72. The fraction of sp³-hybridized carbons (Fsp3) is 0.950. The van der Waals surface area contributed by atoms with Gasteiger partial charge in [0.15, 0.2) is 0 Å². The molecule has 254 valence electrons. The second-order valence-corrected chi connectivity index (χ2v) is 16.4. The molecule has 0 amide bonds. The van der Waals surface area contributed by atoms with Crippen LogP contribution in [0, 0.1) is 0 Å². The van der Waals surface area contributed by atoms with E-state index in [-0.39, 0.29) is 10.8 Å². The summed E-state index contributed by atoms with van der Waals surface area (Å²) in [6.45, 7) is 14.2. The summed E-state index contributed by atoms with van der Waals surface area (Å²) in [5.74, 6) is 0. The number of hydrogen-bond donors (Lipinski definition) is 0. The highest BCUT2D eigenvalue weighted by molar-refractivity contribution is 7.11. The van der Waals surface area contributed by atoms with E-state index >= 15 is 0 Å². The molecule has 43 heavy (non-hydrogen) atoms. The molecule has 0 aliphatic rings. The smallest absolute Gasteiger partial charge is 0.123 e. The monoisotopic (exact) mass is 619 g/mol. The zero-order valence-corrected chi connectivity index (χ0v) is 31.3. The molecule has 0 N–H and O–H groups in total. The summed E-state index contributed by atoms with van der Waals surface area (Å²) < 4.78 is 0. The van der Waals surface area contributed by atoms with Gasteiger partial charge in [-0.1, -0.05) is 221 Å². The van der Waals surface area contributed by atoms with Crippen LogP contribution in [0.15, 0.2) is 0 Å². The Morgan fingerprint density at radius 1 is 0.349 bits per heavy atom. The molecule has 1 heterocycles. The summed E-state index contributed by atoms with van der Waals surface area (Å²) in [5.41, 5.74) is 0.302. The Hall–Kier alpha value is -0.440. The number of unbranched alkanes of at least 4 members (excludes halogenated alkanes) is 26. The summed E-state index contributed by atoms with van der Waals surface area (Å²) in [6.07, 6.45) is 42.3. The molecule has 0 aliphatic carbocycles. The van der Waals surface area contributed by atoms with Crippen LogP contribution < -0.4 is 0 Å². The predicted molar refractivity (Wildman–Crippen MR) is 196 cm³/mol. The molecule has 2 nitrogen and oxygen atoms in total. The standard InChI is InChI=1S/C40H78N2S/c1-7-9-11-13-15-17-19-21-23-25-27-29-31-33-35-39(3,4)37-41-42-38(43-37)40(5,6)36-34-32-30-28-26-24-22-20-18-16-14-12-10-8-2/h7-36H2,1-6H3. The lowest BCUT2D eigenvalue weighted by atomic mass is 9.87. The third-order valence-corrected chi connectivity index (χ3v) is 11.5. The van der Waals surface area contributed by atoms with E-state index in [0.29, 0.717) is 0 Å². The molecule has 1 rings (SSSR count). The van der Waals surface area contributed by atoms with Crippen LogP contribution in [-0.4, -0.2) is 10.2 Å². The minimum atomic E-state index is 0.151. The van der Waals surface area contributed by atoms with Gasteiger partial charge in [-0.2, -0.15) is 0 Å². The molecule has 0 saturated carbocycles. The van der Waals surface area contributed by atoms with E-state index in [0.717, 1.165) is 0 Å². The lowest BCUT2D eigenvalue weighted by molar-refractivity contribution is 0.430. The van der Waals surface area contributed by atoms with E-state index in [9.17, 15) is 0 Å². The Morgan fingerprint density at radius 2 is 0.558 bits per heavy atom. The Morgan fingerprint density at radius 3 is 0.791 bits per heavy atom. The topological polar surface area (TPSA) is 25.8 Å². The van der Waals surface area contributed by atoms with Gasteiger partial charge in [0, 0.05) is 10.8 Å². The largest absolute Gasteiger partial charge is 0.143 e. The minimum absolute atomic E-state index is 0.151. The van der Waals surface area contributed by atoms with Crippen molar-refractivity contribution in [3.05, 3.63) is 10.0 Å². The van der Waals surface area contributed by atoms with Gasteiger partial charge in [0.25, 0.3) is 0 Å². The Labute approximate surface area is 275 Å². The van der Waals surface area contributed by atoms with Crippen molar-refractivity contribution in [1.82, 2.24) is 10.2 Å². The van der Waals surface area contributed by atoms with Crippen molar-refractivity contribution < 1.29 is 0 Å². The van der Waals surface area contributed by atoms with Crippen LogP contribution in [0.2, 0.25) is 0 Å². The lowest BCUT2D eigenvalue weighted by Crippen LogP contribution is -2.17. The van der Waals surface area contributed by atoms with Crippen LogP contribution in [0.1, 0.15) is 244 Å². The molecule has 3 heteroatoms. The Kier molecular flexibility index (Phi) is 25.2. The second kappa shape index (κ2) is 26.7. The highest BCUT2D eigenvalue weighted by Crippen LogP contribution is 2.37. The van der Waals surface area contributed by atoms with Crippen molar-refractivity contribution in [3.8, 4) is 0 Å². The zero-order chi connectivity index (χ0) is 31.5. The summed E-state index contributed by atoms with van der Waals surface area (Å²) >= 11 is 1.90. The molecule has 0 fully saturated rings. The third-order valence-electron chi connectivity index (χ3n) is 9.89. The zero-order valence-electron chi connectivity index (χ0n) is 30.5. The third kappa shape index (κ3) is 21.8. The molecule has 0 atom stereocenters. The minimum Gasteiger partial charge on any atom is -0.143 e. The predicted octanol–water partition coefficient (Wildman–Crippen LogP) is 14.8. The van der Waals surface area contributed by atoms with Crippen LogP contribution in [0.4, 0.5) is 0 Å². The SMILES string of the molecule is CCCCCCCCCCCCCCCCC(C)(C)c1nnc(C(C)(C)CCCCCCCCCCCCCCCC)s1. The Balaban J connectivity index is 2.08. The van der Waals surface area contributed by atoms with E-state index in [2.05, 4.69) is 41.5 Å². The van der Waals surface area contributed by atoms with Crippen molar-refractivity contribution in [2.45, 2.75) is 245 Å². The molecule has 1 aromatic heterocycles. The first-order valence-corrected chi connectivity index (χ1v) is 20.5. The molecule has 0 radical (unpaired) electrons. The van der Waals surface area contributed by atoms with Crippen LogP contribution in [-0.2, 0) is 10.8 Å². The van der Waals surface area contributed by atoms with Gasteiger partial charge < -0.3 is 0 Å². The van der Waals surface area contributed by atoms with Crippen LogP contribution in [0.25, 0.3) is 0 Å². The molecule has 0 unspecified atom stereocenters. The fourth-order valence-electron chi connectivity index (χ4n) is 6.51. The first kappa shape index (κ1) is 40.6. The van der Waals surface area contributed by atoms with Crippen molar-refractivity contribution in [1.29, 1.82) is 0 Å². The van der Waals surface area contributed by atoms with E-state index in [1.807, 2.05) is 11.3 Å². The van der Waals surface area contributed by atoms with E-state index < -0.39 is 0 Å². The van der Waals surface area contributed by atoms with E-state index in [4.69, 9.17) is 10.2 Å². The van der Waals surface area contributed by atoms with E-state index in [1.165, 1.54) is 203 Å². The molecule has 1 aromatic rings. The molecule has 0 aromatic carbocycles. The van der Waals surface area contributed by atoms with Crippen LogP contribution >= 0.6 is 11.3 Å². The van der Waals surface area contributed by atoms with Crippen molar-refractivity contribution >= 4 is 11.3 Å². The Bertz CT molecular complexity index is 663. The molecular formula is C40H78N2S. The van der Waals surface area contributed by atoms with Gasteiger partial charge in [0.2, 0.25) is 0 Å². The maximum Gasteiger partial charge on any atom is 0.123 e. The van der Waals surface area contributed by atoms with E-state index in [1.54, 1.807) is 0 Å². The van der Waals surface area contributed by atoms with Gasteiger partial charge in [0.05, 0.1) is 0 Å². The lowest BCUT2D eigenvalue weighted by Gasteiger charge is -2.23. The van der Waals surface area contributed by atoms with Gasteiger partial charge >= 0.3 is 0 Å². The number of hydrogen-bond acceptors (Lipinski definition) is 3. The number of nitrogens with zero attached hydrogens (tertiary/aromatic N) is 2. The van der Waals surface area contributed by atoms with Crippen molar-refractivity contribution in [2.24, 2.45) is 0 Å². The average molecular weight is 619 g/mol. The fourth-order valence-corrected chi connectivity index (χ4v) is 7.61. The van der Waals surface area contributed by atoms with Gasteiger partial charge in [0.1, 0.15) is 10.0 Å². The van der Waals surface area contributed by atoms with Crippen LogP contribution in [0.5, 0.6) is 0 Å². The summed E-state index contributed by atoms with van der Waals surface area (Å²) in [5, 5.41) is 12.0. The molecule has 0 saturated heterocycles. The van der Waals surface area contributed by atoms with Gasteiger partial charge in [-0.3, -0.25) is 0 Å². The van der Waals surface area contributed by atoms with Crippen LogP contribution in [0.3, 0.4) is 0 Å². The first-order valence-electron chi connectivity index (χ1n) is 19.7. The summed E-state index contributed by atoms with van der Waals surface area (Å²) in [7, 11) is 0. The second-order valence-electron chi connectivity index (χ2n) is 15.4. The quantitative estimate of drug-likeness (QED) is 0.0751. The maximum absolute atomic E-state index is 4.72. The summed E-state index contributed by atoms with van der Waals surface area (Å²) in [6, 6.07) is 0. The normalized spacial score (nSPS) is 12.4. The molecule has 0 aliphatic heterocycles. The van der Waals surface area contributed by atoms with Crippen molar-refractivity contribution in [2.75, 3.05) is 0 Å². The van der Waals surface area contributed by atoms with Gasteiger partial charge in [-0.15, -0.1) is 21.5 Å². The van der Waals surface area contributed by atoms with Crippen molar-refractivity contribution in [3.63, 3.8) is 0 Å². The van der Waals surface area contributed by atoms with Gasteiger partial charge in [-0.05, 0) is 12.8 Å². The summed E-state index contributed by atoms with van der Waals surface area (Å²) in [4.78, 5) is 0. The van der Waals surface area contributed by atoms with Gasteiger partial charge in [-0.25, -0.2) is 0 Å². The first-order chi connectivity index (χ1) is 20.8. The molecular weight excluding hydrogens is 541 g/mol. The highest BCUT2D eigenvalue weighted by atomic mass is 32.1. The molecule has 0 bridgehead atoms. The average Bonchev–Trinajstić information content (AvgIpc) is 3.50. The number of rotatable bonds is 32.